The zero-order valence-electron chi connectivity index (χ0n) is 15.0. The quantitative estimate of drug-likeness (QED) is 0.295. The van der Waals surface area contributed by atoms with E-state index in [2.05, 4.69) is 16.6 Å². The number of nitrogen functional groups attached to an aromatic ring is 1. The van der Waals surface area contributed by atoms with Crippen LogP contribution >= 0.6 is 0 Å². The van der Waals surface area contributed by atoms with Gasteiger partial charge < -0.3 is 5.73 Å². The second kappa shape index (κ2) is 8.33. The van der Waals surface area contributed by atoms with Gasteiger partial charge in [0.25, 0.3) is 5.69 Å². The van der Waals surface area contributed by atoms with Crippen molar-refractivity contribution in [1.29, 1.82) is 10.5 Å². The van der Waals surface area contributed by atoms with E-state index < -0.39 is 4.92 Å². The zero-order chi connectivity index (χ0) is 20.8. The van der Waals surface area contributed by atoms with Crippen molar-refractivity contribution < 1.29 is 4.92 Å². The SMILES string of the molecule is N#Cc1c(/C=N/Nc2ccc([N+](=O)[O-])cc2)cc(-c2ccccc2)c(C#N)c1N. The van der Waals surface area contributed by atoms with E-state index in [4.69, 9.17) is 5.73 Å². The van der Waals surface area contributed by atoms with Crippen molar-refractivity contribution in [3.8, 4) is 23.3 Å². The van der Waals surface area contributed by atoms with Gasteiger partial charge in [0.2, 0.25) is 0 Å². The lowest BCUT2D eigenvalue weighted by molar-refractivity contribution is -0.384. The minimum atomic E-state index is -0.489. The Morgan fingerprint density at radius 3 is 2.28 bits per heavy atom. The average molecular weight is 382 g/mol. The Bertz CT molecular complexity index is 1170. The van der Waals surface area contributed by atoms with Gasteiger partial charge in [-0.15, -0.1) is 0 Å². The second-order valence-corrected chi connectivity index (χ2v) is 5.94. The Morgan fingerprint density at radius 2 is 1.69 bits per heavy atom. The highest BCUT2D eigenvalue weighted by Gasteiger charge is 2.16. The molecule has 0 aliphatic rings. The van der Waals surface area contributed by atoms with Crippen molar-refractivity contribution in [1.82, 2.24) is 0 Å². The van der Waals surface area contributed by atoms with Gasteiger partial charge in [-0.2, -0.15) is 15.6 Å². The van der Waals surface area contributed by atoms with Crippen molar-refractivity contribution in [2.75, 3.05) is 11.2 Å². The Labute approximate surface area is 166 Å². The van der Waals surface area contributed by atoms with Crippen LogP contribution in [0.15, 0.2) is 65.8 Å². The molecule has 0 aromatic heterocycles. The molecule has 140 valence electrons. The predicted molar refractivity (Wildman–Crippen MR) is 110 cm³/mol. The summed E-state index contributed by atoms with van der Waals surface area (Å²) in [4.78, 5) is 10.2. The molecule has 8 nitrogen and oxygen atoms in total. The molecule has 0 unspecified atom stereocenters. The topological polar surface area (TPSA) is 141 Å². The first kappa shape index (κ1) is 19.1. The Hall–Kier alpha value is -4.69. The normalized spacial score (nSPS) is 10.3. The van der Waals surface area contributed by atoms with Crippen molar-refractivity contribution in [3.63, 3.8) is 0 Å². The number of nitro benzene ring substituents is 1. The largest absolute Gasteiger partial charge is 0.397 e. The lowest BCUT2D eigenvalue weighted by Gasteiger charge is -2.11. The minimum Gasteiger partial charge on any atom is -0.397 e. The van der Waals surface area contributed by atoms with Crippen molar-refractivity contribution >= 4 is 23.3 Å². The monoisotopic (exact) mass is 382 g/mol. The fraction of sp³-hybridized carbons (Fsp3) is 0. The molecule has 0 atom stereocenters. The van der Waals surface area contributed by atoms with Crippen LogP contribution in [-0.4, -0.2) is 11.1 Å². The summed E-state index contributed by atoms with van der Waals surface area (Å²) >= 11 is 0. The van der Waals surface area contributed by atoms with Gasteiger partial charge in [0, 0.05) is 23.3 Å². The van der Waals surface area contributed by atoms with Crippen LogP contribution in [0.4, 0.5) is 17.1 Å². The van der Waals surface area contributed by atoms with Crippen molar-refractivity contribution in [3.05, 3.63) is 87.5 Å². The maximum absolute atomic E-state index is 10.7. The molecule has 3 aromatic carbocycles. The molecule has 0 amide bonds. The van der Waals surface area contributed by atoms with Crippen LogP contribution in [0, 0.1) is 32.8 Å². The molecule has 0 heterocycles. The number of nitro groups is 1. The highest BCUT2D eigenvalue weighted by Crippen LogP contribution is 2.31. The van der Waals surface area contributed by atoms with Crippen molar-refractivity contribution in [2.24, 2.45) is 5.10 Å². The molecule has 0 fully saturated rings. The van der Waals surface area contributed by atoms with Crippen LogP contribution in [0.2, 0.25) is 0 Å². The zero-order valence-corrected chi connectivity index (χ0v) is 15.0. The molecular formula is C21H14N6O2. The summed E-state index contributed by atoms with van der Waals surface area (Å²) < 4.78 is 0. The number of non-ortho nitro benzene ring substituents is 1. The van der Waals surface area contributed by atoms with Crippen LogP contribution in [0.1, 0.15) is 16.7 Å². The van der Waals surface area contributed by atoms with Gasteiger partial charge in [-0.3, -0.25) is 15.5 Å². The Kier molecular flexibility index (Phi) is 5.48. The third-order valence-corrected chi connectivity index (χ3v) is 4.18. The summed E-state index contributed by atoms with van der Waals surface area (Å²) in [5, 5.41) is 33.8. The first-order valence-corrected chi connectivity index (χ1v) is 8.40. The molecule has 3 aromatic rings. The number of benzene rings is 3. The van der Waals surface area contributed by atoms with Crippen LogP contribution in [0.3, 0.4) is 0 Å². The molecular weight excluding hydrogens is 368 g/mol. The van der Waals surface area contributed by atoms with E-state index in [1.54, 1.807) is 6.07 Å². The van der Waals surface area contributed by atoms with Gasteiger partial charge in [0.1, 0.15) is 12.1 Å². The summed E-state index contributed by atoms with van der Waals surface area (Å²) in [7, 11) is 0. The fourth-order valence-corrected chi connectivity index (χ4v) is 2.75. The first-order chi connectivity index (χ1) is 14.0. The summed E-state index contributed by atoms with van der Waals surface area (Å²) in [5.41, 5.74) is 11.6. The maximum Gasteiger partial charge on any atom is 0.269 e. The number of hydrazone groups is 1. The van der Waals surface area contributed by atoms with Gasteiger partial charge in [-0.25, -0.2) is 0 Å². The minimum absolute atomic E-state index is 0.0290. The molecule has 3 N–H and O–H groups in total. The number of anilines is 2. The number of nitrogens with one attached hydrogen (secondary N) is 1. The van der Waals surface area contributed by atoms with Crippen LogP contribution in [-0.2, 0) is 0 Å². The van der Waals surface area contributed by atoms with Crippen LogP contribution < -0.4 is 11.2 Å². The molecule has 8 heteroatoms. The van der Waals surface area contributed by atoms with Gasteiger partial charge in [0.15, 0.2) is 0 Å². The third kappa shape index (κ3) is 4.02. The van der Waals surface area contributed by atoms with E-state index in [-0.39, 0.29) is 22.5 Å². The molecule has 0 aliphatic heterocycles. The number of rotatable bonds is 5. The first-order valence-electron chi connectivity index (χ1n) is 8.40. The number of nitrogens with two attached hydrogens (primary N) is 1. The van der Waals surface area contributed by atoms with Gasteiger partial charge in [-0.05, 0) is 23.8 Å². The van der Waals surface area contributed by atoms with Gasteiger partial charge in [0.05, 0.1) is 33.6 Å². The summed E-state index contributed by atoms with van der Waals surface area (Å²) in [6.45, 7) is 0. The molecule has 0 aliphatic carbocycles. The third-order valence-electron chi connectivity index (χ3n) is 4.18. The number of nitriles is 2. The number of nitrogens with zero attached hydrogens (tertiary/aromatic N) is 4. The second-order valence-electron chi connectivity index (χ2n) is 5.94. The number of hydrogen-bond donors (Lipinski definition) is 2. The van der Waals surface area contributed by atoms with Crippen LogP contribution in [0.25, 0.3) is 11.1 Å². The molecule has 0 radical (unpaired) electrons. The fourth-order valence-electron chi connectivity index (χ4n) is 2.75. The molecule has 0 bridgehead atoms. The average Bonchev–Trinajstić information content (AvgIpc) is 2.74. The number of hydrogen-bond acceptors (Lipinski definition) is 7. The lowest BCUT2D eigenvalue weighted by atomic mass is 9.93. The molecule has 29 heavy (non-hydrogen) atoms. The lowest BCUT2D eigenvalue weighted by Crippen LogP contribution is -2.03. The van der Waals surface area contributed by atoms with E-state index >= 15 is 0 Å². The highest BCUT2D eigenvalue weighted by atomic mass is 16.6. The molecule has 3 rings (SSSR count). The smallest absolute Gasteiger partial charge is 0.269 e. The predicted octanol–water partition coefficient (Wildman–Crippen LogP) is 4.03. The highest BCUT2D eigenvalue weighted by molar-refractivity contribution is 5.93. The van der Waals surface area contributed by atoms with E-state index in [0.29, 0.717) is 16.8 Å². The van der Waals surface area contributed by atoms with Gasteiger partial charge in [-0.1, -0.05) is 30.3 Å². The van der Waals surface area contributed by atoms with E-state index in [9.17, 15) is 20.6 Å². The standard InChI is InChI=1S/C21H14N6O2/c22-11-19-15(13-25-26-16-6-8-17(9-7-16)27(28)29)10-18(20(12-23)21(19)24)14-4-2-1-3-5-14/h1-10,13,26H,24H2/b25-13+. The Morgan fingerprint density at radius 1 is 1.03 bits per heavy atom. The molecule has 0 saturated heterocycles. The van der Waals surface area contributed by atoms with Gasteiger partial charge >= 0.3 is 0 Å². The summed E-state index contributed by atoms with van der Waals surface area (Å²) in [6.07, 6.45) is 1.42. The summed E-state index contributed by atoms with van der Waals surface area (Å²) in [6, 6.07) is 20.7. The Balaban J connectivity index is 1.97. The molecule has 0 spiro atoms. The summed E-state index contributed by atoms with van der Waals surface area (Å²) in [5.74, 6) is 0. The van der Waals surface area contributed by atoms with E-state index in [1.165, 1.54) is 30.5 Å². The van der Waals surface area contributed by atoms with Crippen LogP contribution in [0.5, 0.6) is 0 Å². The molecule has 0 saturated carbocycles. The van der Waals surface area contributed by atoms with E-state index in [1.807, 2.05) is 36.4 Å². The maximum atomic E-state index is 10.7. The van der Waals surface area contributed by atoms with E-state index in [0.717, 1.165) is 5.56 Å². The van der Waals surface area contributed by atoms with Crippen molar-refractivity contribution in [2.45, 2.75) is 0 Å².